The predicted molar refractivity (Wildman–Crippen MR) is 108 cm³/mol. The zero-order valence-corrected chi connectivity index (χ0v) is 18.2. The van der Waals surface area contributed by atoms with Crippen LogP contribution in [0.25, 0.3) is 0 Å². The summed E-state index contributed by atoms with van der Waals surface area (Å²) in [5, 5.41) is 14.5. The molecule has 0 saturated carbocycles. The lowest BCUT2D eigenvalue weighted by Gasteiger charge is -2.55. The van der Waals surface area contributed by atoms with Crippen LogP contribution in [0.4, 0.5) is 5.13 Å². The van der Waals surface area contributed by atoms with Gasteiger partial charge in [0.1, 0.15) is 17.4 Å². The fraction of sp³-hybridized carbons (Fsp3) is 0.529. The third-order valence-corrected chi connectivity index (χ3v) is 7.28. The van der Waals surface area contributed by atoms with Crippen molar-refractivity contribution in [3.8, 4) is 0 Å². The third kappa shape index (κ3) is 4.50. The lowest BCUT2D eigenvalue weighted by atomic mass is 9.88. The molecule has 2 aliphatic rings. The Balaban J connectivity index is 1.68. The first-order chi connectivity index (χ1) is 14.7. The van der Waals surface area contributed by atoms with Gasteiger partial charge in [0.05, 0.1) is 19.2 Å². The van der Waals surface area contributed by atoms with Crippen LogP contribution in [0, 0.1) is 5.41 Å². The van der Waals surface area contributed by atoms with Crippen molar-refractivity contribution in [3.63, 3.8) is 0 Å². The van der Waals surface area contributed by atoms with Crippen molar-refractivity contribution in [2.24, 2.45) is 5.41 Å². The number of carboxylic acids is 1. The number of fused-ring (bicyclic) bond motifs is 1. The van der Waals surface area contributed by atoms with Crippen LogP contribution in [-0.4, -0.2) is 87.6 Å². The number of thioether (sulfide) groups is 1. The number of carbonyl (C=O) groups excluding carboxylic acids is 4. The molecular formula is C17H20N4O8S2. The van der Waals surface area contributed by atoms with Gasteiger partial charge in [-0.3, -0.25) is 28.8 Å². The van der Waals surface area contributed by atoms with Gasteiger partial charge >= 0.3 is 11.9 Å². The number of nitrogens with zero attached hydrogens (tertiary/aromatic N) is 3. The summed E-state index contributed by atoms with van der Waals surface area (Å²) in [4.78, 5) is 69.6. The van der Waals surface area contributed by atoms with Gasteiger partial charge in [-0.15, -0.1) is 23.1 Å². The van der Waals surface area contributed by atoms with Crippen molar-refractivity contribution in [1.29, 1.82) is 0 Å². The summed E-state index contributed by atoms with van der Waals surface area (Å²) in [6, 6.07) is -0.908. The standard InChI is InChI=1S/C17H20N4O8S2/c1-9(23)29-6-17(15(26)27)5-20-13(25)12(14(20)31-7-17)21(28-2)11(24)3-10-4-30-16(19-10)18-8-22/h4,8,12,14H,3,5-7H2,1-2H3,(H,26,27)(H,18,19,22)/t12?,14-,17?/m1/s1. The van der Waals surface area contributed by atoms with Gasteiger partial charge in [0.15, 0.2) is 11.2 Å². The number of thiazole rings is 1. The maximum atomic E-state index is 12.8. The molecule has 2 aliphatic heterocycles. The van der Waals surface area contributed by atoms with Crippen LogP contribution in [0.1, 0.15) is 12.6 Å². The Hall–Kier alpha value is -2.71. The minimum atomic E-state index is -1.42. The van der Waals surface area contributed by atoms with Crippen LogP contribution in [-0.2, 0) is 40.0 Å². The SMILES string of the molecule is CON(C(=O)Cc1csc(NC=O)n1)C1C(=O)N2CC(COC(C)=O)(C(=O)O)CS[C@H]12. The summed E-state index contributed by atoms with van der Waals surface area (Å²) in [7, 11) is 1.27. The van der Waals surface area contributed by atoms with E-state index in [1.807, 2.05) is 0 Å². The summed E-state index contributed by atoms with van der Waals surface area (Å²) in [6.07, 6.45) is 0.337. The molecule has 14 heteroatoms. The molecule has 31 heavy (non-hydrogen) atoms. The van der Waals surface area contributed by atoms with Gasteiger partial charge in [-0.2, -0.15) is 0 Å². The number of hydrogen-bond acceptors (Lipinski definition) is 10. The van der Waals surface area contributed by atoms with Crippen LogP contribution >= 0.6 is 23.1 Å². The smallest absolute Gasteiger partial charge is 0.315 e. The highest BCUT2D eigenvalue weighted by Gasteiger charge is 2.60. The van der Waals surface area contributed by atoms with Crippen molar-refractivity contribution in [3.05, 3.63) is 11.1 Å². The number of rotatable bonds is 9. The number of hydroxylamine groups is 2. The summed E-state index contributed by atoms with van der Waals surface area (Å²) in [5.74, 6) is -2.63. The quantitative estimate of drug-likeness (QED) is 0.209. The number of aliphatic carboxylic acids is 1. The molecule has 0 aromatic carbocycles. The number of anilines is 1. The Labute approximate surface area is 184 Å². The number of aromatic nitrogens is 1. The van der Waals surface area contributed by atoms with Crippen LogP contribution in [0.5, 0.6) is 0 Å². The van der Waals surface area contributed by atoms with Crippen LogP contribution < -0.4 is 5.32 Å². The maximum Gasteiger partial charge on any atom is 0.315 e. The molecule has 2 unspecified atom stereocenters. The van der Waals surface area contributed by atoms with E-state index < -0.39 is 40.6 Å². The van der Waals surface area contributed by atoms with E-state index >= 15 is 0 Å². The van der Waals surface area contributed by atoms with Gasteiger partial charge in [0, 0.05) is 24.6 Å². The molecule has 3 heterocycles. The van der Waals surface area contributed by atoms with E-state index in [4.69, 9.17) is 9.57 Å². The molecule has 2 saturated heterocycles. The van der Waals surface area contributed by atoms with E-state index in [0.717, 1.165) is 16.4 Å². The van der Waals surface area contributed by atoms with E-state index in [9.17, 15) is 29.1 Å². The van der Waals surface area contributed by atoms with Crippen molar-refractivity contribution in [2.75, 3.05) is 31.3 Å². The highest BCUT2D eigenvalue weighted by molar-refractivity contribution is 8.00. The lowest BCUT2D eigenvalue weighted by molar-refractivity contribution is -0.212. The Kier molecular flexibility index (Phi) is 6.81. The minimum absolute atomic E-state index is 0.0963. The average molecular weight is 473 g/mol. The van der Waals surface area contributed by atoms with Crippen molar-refractivity contribution < 1.29 is 38.7 Å². The van der Waals surface area contributed by atoms with Crippen molar-refractivity contribution >= 4 is 58.4 Å². The number of ether oxygens (including phenoxy) is 1. The number of carboxylic acid groups (broad SMARTS) is 1. The maximum absolute atomic E-state index is 12.8. The van der Waals surface area contributed by atoms with E-state index in [0.29, 0.717) is 17.2 Å². The molecule has 0 radical (unpaired) electrons. The average Bonchev–Trinajstić information content (AvgIpc) is 3.16. The summed E-state index contributed by atoms with van der Waals surface area (Å²) in [6.45, 7) is 0.697. The summed E-state index contributed by atoms with van der Waals surface area (Å²) in [5.41, 5.74) is -1.01. The molecule has 3 rings (SSSR count). The highest BCUT2D eigenvalue weighted by atomic mass is 32.2. The molecule has 3 atom stereocenters. The second-order valence-corrected chi connectivity index (χ2v) is 8.93. The molecule has 2 N–H and O–H groups in total. The second-order valence-electron chi connectivity index (χ2n) is 6.96. The Morgan fingerprint density at radius 1 is 1.48 bits per heavy atom. The molecule has 12 nitrogen and oxygen atoms in total. The molecule has 3 amide bonds. The monoisotopic (exact) mass is 472 g/mol. The first kappa shape index (κ1) is 23.0. The molecule has 2 fully saturated rings. The molecule has 0 bridgehead atoms. The molecular weight excluding hydrogens is 452 g/mol. The Bertz CT molecular complexity index is 908. The molecule has 0 aliphatic carbocycles. The normalized spacial score (nSPS) is 24.6. The third-order valence-electron chi connectivity index (χ3n) is 4.88. The number of nitrogens with one attached hydrogen (secondary N) is 1. The summed E-state index contributed by atoms with van der Waals surface area (Å²) < 4.78 is 4.92. The van der Waals surface area contributed by atoms with Crippen LogP contribution in [0.3, 0.4) is 0 Å². The zero-order chi connectivity index (χ0) is 22.8. The number of amides is 3. The van der Waals surface area contributed by atoms with E-state index in [1.54, 1.807) is 5.38 Å². The van der Waals surface area contributed by atoms with Crippen LogP contribution in [0.15, 0.2) is 5.38 Å². The molecule has 1 aromatic rings. The van der Waals surface area contributed by atoms with Gasteiger partial charge in [-0.05, 0) is 0 Å². The van der Waals surface area contributed by atoms with Crippen molar-refractivity contribution in [2.45, 2.75) is 24.8 Å². The Morgan fingerprint density at radius 3 is 2.84 bits per heavy atom. The number of β-lactam (4-membered cyclic amide) rings is 1. The predicted octanol–water partition coefficient (Wildman–Crippen LogP) is -0.438. The minimum Gasteiger partial charge on any atom is -0.481 e. The topological polar surface area (TPSA) is 155 Å². The Morgan fingerprint density at radius 2 is 2.23 bits per heavy atom. The first-order valence-electron chi connectivity index (χ1n) is 9.02. The van der Waals surface area contributed by atoms with Gasteiger partial charge in [-0.1, -0.05) is 0 Å². The number of carbonyl (C=O) groups is 5. The highest BCUT2D eigenvalue weighted by Crippen LogP contribution is 2.44. The van der Waals surface area contributed by atoms with Gasteiger partial charge < -0.3 is 20.1 Å². The zero-order valence-electron chi connectivity index (χ0n) is 16.6. The van der Waals surface area contributed by atoms with Gasteiger partial charge in [0.2, 0.25) is 6.41 Å². The first-order valence-corrected chi connectivity index (χ1v) is 10.9. The fourth-order valence-electron chi connectivity index (χ4n) is 3.31. The second kappa shape index (κ2) is 9.20. The molecule has 0 spiro atoms. The van der Waals surface area contributed by atoms with Gasteiger partial charge in [-0.25, -0.2) is 10.0 Å². The van der Waals surface area contributed by atoms with Crippen LogP contribution in [0.2, 0.25) is 0 Å². The van der Waals surface area contributed by atoms with Crippen molar-refractivity contribution in [1.82, 2.24) is 14.9 Å². The lowest BCUT2D eigenvalue weighted by Crippen LogP contribution is -2.74. The number of esters is 1. The van der Waals surface area contributed by atoms with E-state index in [2.05, 4.69) is 10.3 Å². The van der Waals surface area contributed by atoms with E-state index in [1.165, 1.54) is 30.7 Å². The largest absolute Gasteiger partial charge is 0.481 e. The fourth-order valence-corrected chi connectivity index (χ4v) is 5.54. The molecule has 1 aromatic heterocycles. The summed E-state index contributed by atoms with van der Waals surface area (Å²) >= 11 is 2.34. The van der Waals surface area contributed by atoms with E-state index in [-0.39, 0.29) is 25.3 Å². The molecule has 168 valence electrons. The number of hydrogen-bond donors (Lipinski definition) is 2. The van der Waals surface area contributed by atoms with Gasteiger partial charge in [0.25, 0.3) is 11.8 Å².